The zero-order valence-electron chi connectivity index (χ0n) is 15.5. The first-order valence-corrected chi connectivity index (χ1v) is 8.75. The van der Waals surface area contributed by atoms with Crippen LogP contribution in [0.3, 0.4) is 0 Å². The molecule has 2 aromatic carbocycles. The van der Waals surface area contributed by atoms with Crippen molar-refractivity contribution >= 4 is 16.9 Å². The summed E-state index contributed by atoms with van der Waals surface area (Å²) in [5, 5.41) is 12.3. The van der Waals surface area contributed by atoms with Crippen LogP contribution in [0.15, 0.2) is 30.3 Å². The normalized spacial score (nSPS) is 12.3. The molecule has 1 aromatic heterocycles. The Kier molecular flexibility index (Phi) is 6.04. The largest absolute Gasteiger partial charge is 0.457 e. The van der Waals surface area contributed by atoms with Gasteiger partial charge in [0.1, 0.15) is 17.3 Å². The third-order valence-electron chi connectivity index (χ3n) is 4.31. The van der Waals surface area contributed by atoms with E-state index in [2.05, 4.69) is 10.3 Å². The van der Waals surface area contributed by atoms with Crippen LogP contribution in [0.2, 0.25) is 0 Å². The lowest BCUT2D eigenvalue weighted by Crippen LogP contribution is -2.38. The van der Waals surface area contributed by atoms with Crippen molar-refractivity contribution in [1.82, 2.24) is 14.9 Å². The Hall–Kier alpha value is -3.11. The summed E-state index contributed by atoms with van der Waals surface area (Å²) in [5.74, 6) is -4.21. The molecule has 1 atom stereocenters. The van der Waals surface area contributed by atoms with Crippen LogP contribution in [0.1, 0.15) is 12.7 Å². The maximum Gasteiger partial charge on any atom is 0.234 e. The Labute approximate surface area is 163 Å². The number of rotatable bonds is 8. The predicted octanol–water partition coefficient (Wildman–Crippen LogP) is 2.20. The van der Waals surface area contributed by atoms with Gasteiger partial charge >= 0.3 is 0 Å². The minimum atomic E-state index is -1.57. The number of carbonyl (C=O) groups is 1. The van der Waals surface area contributed by atoms with Crippen LogP contribution >= 0.6 is 0 Å². The summed E-state index contributed by atoms with van der Waals surface area (Å²) in [6, 6.07) is 5.68. The van der Waals surface area contributed by atoms with Crippen LogP contribution in [-0.2, 0) is 17.9 Å². The first-order chi connectivity index (χ1) is 13.8. The number of aromatic nitrogens is 2. The van der Waals surface area contributed by atoms with Crippen molar-refractivity contribution in [3.8, 4) is 11.5 Å². The molecule has 0 fully saturated rings. The van der Waals surface area contributed by atoms with Crippen molar-refractivity contribution in [2.24, 2.45) is 5.73 Å². The van der Waals surface area contributed by atoms with Crippen LogP contribution in [0.5, 0.6) is 11.5 Å². The number of benzene rings is 2. The third-order valence-corrected chi connectivity index (χ3v) is 4.31. The number of nitrogens with zero attached hydrogens (tertiary/aromatic N) is 2. The SMILES string of the molecule is C[C@H](NCc1nc2ccc(Oc3cc(F)c(F)c(F)c3)cc2n1CCO)C(N)=O. The maximum atomic E-state index is 13.4. The number of fused-ring (bicyclic) bond motifs is 1. The monoisotopic (exact) mass is 408 g/mol. The lowest BCUT2D eigenvalue weighted by molar-refractivity contribution is -0.119. The van der Waals surface area contributed by atoms with Gasteiger partial charge in [-0.1, -0.05) is 0 Å². The van der Waals surface area contributed by atoms with E-state index in [-0.39, 0.29) is 31.2 Å². The van der Waals surface area contributed by atoms with Crippen molar-refractivity contribution in [3.63, 3.8) is 0 Å². The smallest absolute Gasteiger partial charge is 0.234 e. The van der Waals surface area contributed by atoms with Gasteiger partial charge in [-0.2, -0.15) is 0 Å². The fourth-order valence-electron chi connectivity index (χ4n) is 2.77. The number of hydrogen-bond acceptors (Lipinski definition) is 5. The highest BCUT2D eigenvalue weighted by molar-refractivity contribution is 5.79. The van der Waals surface area contributed by atoms with Gasteiger partial charge < -0.3 is 20.1 Å². The number of nitrogens with two attached hydrogens (primary N) is 1. The van der Waals surface area contributed by atoms with E-state index in [1.54, 1.807) is 29.7 Å². The lowest BCUT2D eigenvalue weighted by Gasteiger charge is -2.12. The topological polar surface area (TPSA) is 102 Å². The average molecular weight is 408 g/mol. The summed E-state index contributed by atoms with van der Waals surface area (Å²) >= 11 is 0. The zero-order valence-corrected chi connectivity index (χ0v) is 15.5. The van der Waals surface area contributed by atoms with Gasteiger partial charge in [0.15, 0.2) is 17.5 Å². The standard InChI is InChI=1S/C19H19F3N4O3/c1-10(19(23)28)24-9-17-25-15-3-2-11(8-16(15)26(17)4-5-27)29-12-6-13(20)18(22)14(21)7-12/h2-3,6-8,10,24,27H,4-5,9H2,1H3,(H2,23,28)/t10-/m0/s1. The summed E-state index contributed by atoms with van der Waals surface area (Å²) in [4.78, 5) is 15.7. The summed E-state index contributed by atoms with van der Waals surface area (Å²) in [6.45, 7) is 1.91. The van der Waals surface area contributed by atoms with Crippen molar-refractivity contribution in [2.45, 2.75) is 26.1 Å². The molecule has 0 bridgehead atoms. The second kappa shape index (κ2) is 8.50. The number of aliphatic hydroxyl groups excluding tert-OH is 1. The molecule has 0 aliphatic rings. The lowest BCUT2D eigenvalue weighted by atomic mass is 10.2. The molecule has 0 radical (unpaired) electrons. The third kappa shape index (κ3) is 4.49. The quantitative estimate of drug-likeness (QED) is 0.496. The van der Waals surface area contributed by atoms with E-state index < -0.39 is 29.4 Å². The van der Waals surface area contributed by atoms with E-state index in [1.807, 2.05) is 0 Å². The molecule has 4 N–H and O–H groups in total. The molecule has 7 nitrogen and oxygen atoms in total. The fourth-order valence-corrected chi connectivity index (χ4v) is 2.77. The number of ether oxygens (including phenoxy) is 1. The van der Waals surface area contributed by atoms with Crippen LogP contribution < -0.4 is 15.8 Å². The highest BCUT2D eigenvalue weighted by Crippen LogP contribution is 2.28. The Morgan fingerprint density at radius 1 is 1.24 bits per heavy atom. The first kappa shape index (κ1) is 20.6. The summed E-state index contributed by atoms with van der Waals surface area (Å²) in [5.41, 5.74) is 6.42. The molecule has 1 heterocycles. The summed E-state index contributed by atoms with van der Waals surface area (Å²) < 4.78 is 47.1. The summed E-state index contributed by atoms with van der Waals surface area (Å²) in [7, 11) is 0. The molecule has 29 heavy (non-hydrogen) atoms. The van der Waals surface area contributed by atoms with Crippen molar-refractivity contribution in [3.05, 3.63) is 53.6 Å². The highest BCUT2D eigenvalue weighted by atomic mass is 19.2. The molecule has 1 amide bonds. The number of primary amides is 1. The second-order valence-electron chi connectivity index (χ2n) is 6.36. The van der Waals surface area contributed by atoms with E-state index >= 15 is 0 Å². The second-order valence-corrected chi connectivity index (χ2v) is 6.36. The van der Waals surface area contributed by atoms with Gasteiger partial charge in [0, 0.05) is 24.7 Å². The predicted molar refractivity (Wildman–Crippen MR) is 98.7 cm³/mol. The first-order valence-electron chi connectivity index (χ1n) is 8.75. The minimum Gasteiger partial charge on any atom is -0.457 e. The molecule has 0 saturated heterocycles. The molecule has 0 unspecified atom stereocenters. The Morgan fingerprint density at radius 3 is 2.55 bits per heavy atom. The number of carbonyl (C=O) groups excluding carboxylic acids is 1. The zero-order chi connectivity index (χ0) is 21.1. The van der Waals surface area contributed by atoms with Crippen LogP contribution in [0.4, 0.5) is 13.2 Å². The van der Waals surface area contributed by atoms with E-state index in [1.165, 1.54) is 0 Å². The number of hydrogen-bond donors (Lipinski definition) is 3. The molecule has 3 aromatic rings. The average Bonchev–Trinajstić information content (AvgIpc) is 3.01. The van der Waals surface area contributed by atoms with Crippen molar-refractivity contribution in [1.29, 1.82) is 0 Å². The Balaban J connectivity index is 1.92. The van der Waals surface area contributed by atoms with Gasteiger partial charge in [0.25, 0.3) is 0 Å². The van der Waals surface area contributed by atoms with Crippen molar-refractivity contribution < 1.29 is 27.8 Å². The summed E-state index contributed by atoms with van der Waals surface area (Å²) in [6.07, 6.45) is 0. The van der Waals surface area contributed by atoms with Gasteiger partial charge in [-0.05, 0) is 19.1 Å². The molecule has 0 saturated carbocycles. The molecule has 0 aliphatic heterocycles. The number of aliphatic hydroxyl groups is 1. The van der Waals surface area contributed by atoms with Gasteiger partial charge in [-0.25, -0.2) is 18.2 Å². The number of halogens is 3. The van der Waals surface area contributed by atoms with E-state index in [9.17, 15) is 23.1 Å². The van der Waals surface area contributed by atoms with Gasteiger partial charge in [-0.15, -0.1) is 0 Å². The van der Waals surface area contributed by atoms with Crippen LogP contribution in [0, 0.1) is 17.5 Å². The van der Waals surface area contributed by atoms with E-state index in [0.717, 1.165) is 12.1 Å². The molecule has 10 heteroatoms. The van der Waals surface area contributed by atoms with E-state index in [0.29, 0.717) is 16.9 Å². The van der Waals surface area contributed by atoms with Crippen molar-refractivity contribution in [2.75, 3.05) is 6.61 Å². The Morgan fingerprint density at radius 2 is 1.93 bits per heavy atom. The van der Waals surface area contributed by atoms with Crippen LogP contribution in [0.25, 0.3) is 11.0 Å². The van der Waals surface area contributed by atoms with Gasteiger partial charge in [0.2, 0.25) is 5.91 Å². The number of imidazole rings is 1. The van der Waals surface area contributed by atoms with Gasteiger partial charge in [0.05, 0.1) is 30.2 Å². The highest BCUT2D eigenvalue weighted by Gasteiger charge is 2.16. The Bertz CT molecular complexity index is 1030. The van der Waals surface area contributed by atoms with Gasteiger partial charge in [-0.3, -0.25) is 10.1 Å². The van der Waals surface area contributed by atoms with Crippen LogP contribution in [-0.4, -0.2) is 33.2 Å². The molecule has 0 aliphatic carbocycles. The molecule has 0 spiro atoms. The van der Waals surface area contributed by atoms with E-state index in [4.69, 9.17) is 10.5 Å². The maximum absolute atomic E-state index is 13.4. The molecule has 3 rings (SSSR count). The molecule has 154 valence electrons. The fraction of sp³-hybridized carbons (Fsp3) is 0.263. The number of amides is 1. The number of nitrogens with one attached hydrogen (secondary N) is 1. The molecular formula is C19H19F3N4O3. The molecular weight excluding hydrogens is 389 g/mol. The minimum absolute atomic E-state index is 0.163.